The highest BCUT2D eigenvalue weighted by Crippen LogP contribution is 2.32. The molecule has 0 amide bonds. The van der Waals surface area contributed by atoms with Gasteiger partial charge in [-0.25, -0.2) is 0 Å². The number of nitrogens with one attached hydrogen (secondary N) is 1. The van der Waals surface area contributed by atoms with Crippen molar-refractivity contribution in [1.29, 1.82) is 0 Å². The van der Waals surface area contributed by atoms with Gasteiger partial charge in [0.1, 0.15) is 11.4 Å². The molecule has 0 heterocycles. The first kappa shape index (κ1) is 8.87. The number of hydrogen-bond acceptors (Lipinski definition) is 3. The fraction of sp³-hybridized carbons (Fsp3) is 0.333. The summed E-state index contributed by atoms with van der Waals surface area (Å²) in [6.45, 7) is 5.57. The van der Waals surface area contributed by atoms with Crippen LogP contribution in [0, 0.1) is 20.8 Å². The maximum absolute atomic E-state index is 9.48. The summed E-state index contributed by atoms with van der Waals surface area (Å²) in [4.78, 5) is 0. The summed E-state index contributed by atoms with van der Waals surface area (Å²) in [6.07, 6.45) is 0. The van der Waals surface area contributed by atoms with Crippen molar-refractivity contribution < 1.29 is 10.3 Å². The summed E-state index contributed by atoms with van der Waals surface area (Å²) in [5.74, 6) is 0.112. The van der Waals surface area contributed by atoms with Gasteiger partial charge in [-0.1, -0.05) is 6.07 Å². The van der Waals surface area contributed by atoms with Crippen LogP contribution in [0.1, 0.15) is 16.7 Å². The van der Waals surface area contributed by atoms with Crippen LogP contribution in [0.3, 0.4) is 0 Å². The van der Waals surface area contributed by atoms with Crippen LogP contribution >= 0.6 is 0 Å². The van der Waals surface area contributed by atoms with E-state index >= 15 is 0 Å². The molecule has 0 unspecified atom stereocenters. The van der Waals surface area contributed by atoms with E-state index in [9.17, 15) is 5.11 Å². The smallest absolute Gasteiger partial charge is 0.144 e. The molecule has 0 saturated heterocycles. The first-order valence-corrected chi connectivity index (χ1v) is 3.77. The molecule has 1 aromatic carbocycles. The number of aromatic hydroxyl groups is 1. The zero-order chi connectivity index (χ0) is 9.30. The lowest BCUT2D eigenvalue weighted by Gasteiger charge is -2.11. The van der Waals surface area contributed by atoms with Gasteiger partial charge in [-0.05, 0) is 37.5 Å². The van der Waals surface area contributed by atoms with E-state index in [1.54, 1.807) is 6.92 Å². The van der Waals surface area contributed by atoms with Crippen molar-refractivity contribution in [2.75, 3.05) is 5.48 Å². The standard InChI is InChI=1S/C9H13NO2/c1-5-4-6(2)9(11)8(10-12)7(5)3/h4,10-12H,1-3H3. The second-order valence-electron chi connectivity index (χ2n) is 2.97. The van der Waals surface area contributed by atoms with Gasteiger partial charge in [0.2, 0.25) is 0 Å². The average molecular weight is 167 g/mol. The second-order valence-corrected chi connectivity index (χ2v) is 2.97. The Morgan fingerprint density at radius 3 is 2.25 bits per heavy atom. The predicted molar refractivity (Wildman–Crippen MR) is 47.7 cm³/mol. The predicted octanol–water partition coefficient (Wildman–Crippen LogP) is 2.12. The summed E-state index contributed by atoms with van der Waals surface area (Å²) in [7, 11) is 0. The highest BCUT2D eigenvalue weighted by Gasteiger charge is 2.08. The van der Waals surface area contributed by atoms with Gasteiger partial charge in [0.05, 0.1) is 0 Å². The molecule has 1 rings (SSSR count). The van der Waals surface area contributed by atoms with Crippen LogP contribution in [0.15, 0.2) is 6.07 Å². The number of hydrogen-bond donors (Lipinski definition) is 3. The van der Waals surface area contributed by atoms with Crippen molar-refractivity contribution in [3.05, 3.63) is 22.8 Å². The lowest BCUT2D eigenvalue weighted by atomic mass is 10.0. The van der Waals surface area contributed by atoms with Crippen LogP contribution in [0.4, 0.5) is 5.69 Å². The van der Waals surface area contributed by atoms with Gasteiger partial charge in [-0.3, -0.25) is 10.7 Å². The van der Waals surface area contributed by atoms with E-state index in [1.165, 1.54) is 0 Å². The number of anilines is 1. The van der Waals surface area contributed by atoms with Crippen LogP contribution in [0.25, 0.3) is 0 Å². The van der Waals surface area contributed by atoms with Crippen LogP contribution in [0.5, 0.6) is 5.75 Å². The number of phenolic OH excluding ortho intramolecular Hbond substituents is 1. The van der Waals surface area contributed by atoms with Crippen molar-refractivity contribution in [2.24, 2.45) is 0 Å². The van der Waals surface area contributed by atoms with Crippen molar-refractivity contribution in [1.82, 2.24) is 0 Å². The third-order valence-corrected chi connectivity index (χ3v) is 2.12. The molecule has 0 fully saturated rings. The van der Waals surface area contributed by atoms with E-state index in [-0.39, 0.29) is 5.75 Å². The largest absolute Gasteiger partial charge is 0.505 e. The molecule has 12 heavy (non-hydrogen) atoms. The second kappa shape index (κ2) is 3.03. The number of benzene rings is 1. The fourth-order valence-corrected chi connectivity index (χ4v) is 1.21. The van der Waals surface area contributed by atoms with E-state index in [1.807, 2.05) is 25.4 Å². The van der Waals surface area contributed by atoms with E-state index in [0.29, 0.717) is 5.69 Å². The minimum absolute atomic E-state index is 0.112. The van der Waals surface area contributed by atoms with Crippen molar-refractivity contribution >= 4 is 5.69 Å². The molecule has 3 nitrogen and oxygen atoms in total. The first-order valence-electron chi connectivity index (χ1n) is 3.77. The topological polar surface area (TPSA) is 52.5 Å². The lowest BCUT2D eigenvalue weighted by Crippen LogP contribution is -1.96. The maximum Gasteiger partial charge on any atom is 0.144 e. The van der Waals surface area contributed by atoms with E-state index < -0.39 is 0 Å². The van der Waals surface area contributed by atoms with Gasteiger partial charge in [0.15, 0.2) is 0 Å². The third kappa shape index (κ3) is 1.23. The van der Waals surface area contributed by atoms with E-state index in [4.69, 9.17) is 5.21 Å². The van der Waals surface area contributed by atoms with Crippen molar-refractivity contribution in [3.63, 3.8) is 0 Å². The number of rotatable bonds is 1. The molecular weight excluding hydrogens is 154 g/mol. The van der Waals surface area contributed by atoms with Crippen LogP contribution in [-0.2, 0) is 0 Å². The Balaban J connectivity index is 3.42. The van der Waals surface area contributed by atoms with Gasteiger partial charge in [0.25, 0.3) is 0 Å². The zero-order valence-electron chi connectivity index (χ0n) is 7.47. The quantitative estimate of drug-likeness (QED) is 0.443. The summed E-state index contributed by atoms with van der Waals surface area (Å²) >= 11 is 0. The Labute approximate surface area is 71.6 Å². The monoisotopic (exact) mass is 167 g/mol. The van der Waals surface area contributed by atoms with Gasteiger partial charge in [-0.2, -0.15) is 0 Å². The van der Waals surface area contributed by atoms with Crippen LogP contribution in [-0.4, -0.2) is 10.3 Å². The fourth-order valence-electron chi connectivity index (χ4n) is 1.21. The third-order valence-electron chi connectivity index (χ3n) is 2.12. The molecule has 0 aliphatic carbocycles. The van der Waals surface area contributed by atoms with Gasteiger partial charge in [0, 0.05) is 0 Å². The molecular formula is C9H13NO2. The van der Waals surface area contributed by atoms with Crippen molar-refractivity contribution in [2.45, 2.75) is 20.8 Å². The Morgan fingerprint density at radius 2 is 1.75 bits per heavy atom. The Kier molecular flexibility index (Phi) is 2.24. The van der Waals surface area contributed by atoms with Crippen LogP contribution < -0.4 is 5.48 Å². The number of aryl methyl sites for hydroxylation is 2. The molecule has 1 aromatic rings. The molecule has 66 valence electrons. The normalized spacial score (nSPS) is 10.0. The van der Waals surface area contributed by atoms with Crippen molar-refractivity contribution in [3.8, 4) is 5.75 Å². The summed E-state index contributed by atoms with van der Waals surface area (Å²) in [6, 6.07) is 1.88. The highest BCUT2D eigenvalue weighted by molar-refractivity contribution is 5.65. The Morgan fingerprint density at radius 1 is 1.17 bits per heavy atom. The molecule has 0 atom stereocenters. The number of phenols is 1. The SMILES string of the molecule is Cc1cc(C)c(O)c(NO)c1C. The maximum atomic E-state index is 9.48. The van der Waals surface area contributed by atoms with Crippen LogP contribution in [0.2, 0.25) is 0 Å². The molecule has 0 saturated carbocycles. The highest BCUT2D eigenvalue weighted by atomic mass is 16.5. The minimum Gasteiger partial charge on any atom is -0.505 e. The molecule has 0 bridgehead atoms. The zero-order valence-corrected chi connectivity index (χ0v) is 7.47. The Bertz CT molecular complexity index is 282. The molecule has 0 aromatic heterocycles. The minimum atomic E-state index is 0.112. The average Bonchev–Trinajstić information content (AvgIpc) is 2.02. The molecule has 0 aliphatic heterocycles. The van der Waals surface area contributed by atoms with Gasteiger partial charge < -0.3 is 5.11 Å². The molecule has 0 spiro atoms. The Hall–Kier alpha value is -1.22. The first-order chi connectivity index (χ1) is 5.57. The summed E-state index contributed by atoms with van der Waals surface area (Å²) in [5, 5.41) is 18.2. The molecule has 0 radical (unpaired) electrons. The molecule has 3 heteroatoms. The molecule has 3 N–H and O–H groups in total. The van der Waals surface area contributed by atoms with Gasteiger partial charge >= 0.3 is 0 Å². The lowest BCUT2D eigenvalue weighted by molar-refractivity contribution is 0.380. The van der Waals surface area contributed by atoms with Gasteiger partial charge in [-0.15, -0.1) is 0 Å². The van der Waals surface area contributed by atoms with E-state index in [2.05, 4.69) is 0 Å². The summed E-state index contributed by atoms with van der Waals surface area (Å²) < 4.78 is 0. The summed E-state index contributed by atoms with van der Waals surface area (Å²) in [5.41, 5.74) is 5.06. The van der Waals surface area contributed by atoms with E-state index in [0.717, 1.165) is 16.7 Å². The molecule has 0 aliphatic rings.